The molecule has 0 aliphatic carbocycles. The van der Waals surface area contributed by atoms with Gasteiger partial charge in [-0.25, -0.2) is 0 Å². The fourth-order valence-electron chi connectivity index (χ4n) is 1.02. The zero-order valence-corrected chi connectivity index (χ0v) is 7.40. The summed E-state index contributed by atoms with van der Waals surface area (Å²) in [6.45, 7) is -0.0450. The van der Waals surface area contributed by atoms with Crippen LogP contribution in [0.3, 0.4) is 0 Å². The fraction of sp³-hybridized carbons (Fsp3) is 0.200. The standard InChI is InChI=1S/C10H12O3/c1-13-9-6-2-4-8(10(9)12)5-3-7-11/h2-6,11-12H,7H2,1H3. The molecule has 70 valence electrons. The third kappa shape index (κ3) is 2.23. The van der Waals surface area contributed by atoms with E-state index in [0.29, 0.717) is 11.3 Å². The van der Waals surface area contributed by atoms with E-state index in [1.54, 1.807) is 30.4 Å². The first-order chi connectivity index (χ1) is 6.29. The molecule has 0 saturated carbocycles. The summed E-state index contributed by atoms with van der Waals surface area (Å²) in [5.74, 6) is 0.523. The molecule has 0 saturated heterocycles. The second-order valence-corrected chi connectivity index (χ2v) is 2.48. The molecular formula is C10H12O3. The van der Waals surface area contributed by atoms with E-state index in [1.807, 2.05) is 0 Å². The Labute approximate surface area is 76.9 Å². The molecule has 0 aromatic heterocycles. The highest BCUT2D eigenvalue weighted by atomic mass is 16.5. The lowest BCUT2D eigenvalue weighted by molar-refractivity contribution is 0.343. The Kier molecular flexibility index (Phi) is 3.34. The van der Waals surface area contributed by atoms with E-state index < -0.39 is 0 Å². The Bertz CT molecular complexity index is 305. The number of phenolic OH excluding ortho intramolecular Hbond substituents is 1. The lowest BCUT2D eigenvalue weighted by Gasteiger charge is -2.04. The van der Waals surface area contributed by atoms with Crippen molar-refractivity contribution in [3.8, 4) is 11.5 Å². The lowest BCUT2D eigenvalue weighted by atomic mass is 10.2. The van der Waals surface area contributed by atoms with Crippen LogP contribution in [0.4, 0.5) is 0 Å². The van der Waals surface area contributed by atoms with Crippen molar-refractivity contribution >= 4 is 6.08 Å². The van der Waals surface area contributed by atoms with Crippen LogP contribution < -0.4 is 4.74 Å². The fourth-order valence-corrected chi connectivity index (χ4v) is 1.02. The largest absolute Gasteiger partial charge is 0.504 e. The van der Waals surface area contributed by atoms with Crippen LogP contribution in [0, 0.1) is 0 Å². The minimum absolute atomic E-state index is 0.0450. The van der Waals surface area contributed by atoms with Gasteiger partial charge in [-0.2, -0.15) is 0 Å². The maximum atomic E-state index is 9.56. The Hall–Kier alpha value is -1.48. The molecule has 0 aliphatic heterocycles. The van der Waals surface area contributed by atoms with Crippen molar-refractivity contribution < 1.29 is 14.9 Å². The molecule has 0 bridgehead atoms. The summed E-state index contributed by atoms with van der Waals surface area (Å²) in [5.41, 5.74) is 0.633. The lowest BCUT2D eigenvalue weighted by Crippen LogP contribution is -1.85. The van der Waals surface area contributed by atoms with Crippen molar-refractivity contribution in [3.05, 3.63) is 29.8 Å². The van der Waals surface area contributed by atoms with Crippen LogP contribution in [0.1, 0.15) is 5.56 Å². The molecule has 2 N–H and O–H groups in total. The smallest absolute Gasteiger partial charge is 0.165 e. The summed E-state index contributed by atoms with van der Waals surface area (Å²) in [6, 6.07) is 5.19. The van der Waals surface area contributed by atoms with Gasteiger partial charge in [0.1, 0.15) is 0 Å². The Morgan fingerprint density at radius 1 is 1.46 bits per heavy atom. The van der Waals surface area contributed by atoms with Gasteiger partial charge in [-0.15, -0.1) is 0 Å². The number of benzene rings is 1. The number of methoxy groups -OCH3 is 1. The van der Waals surface area contributed by atoms with Crippen molar-refractivity contribution in [2.24, 2.45) is 0 Å². The van der Waals surface area contributed by atoms with Gasteiger partial charge >= 0.3 is 0 Å². The zero-order chi connectivity index (χ0) is 9.68. The average molecular weight is 180 g/mol. The maximum Gasteiger partial charge on any atom is 0.165 e. The minimum atomic E-state index is -0.0450. The summed E-state index contributed by atoms with van der Waals surface area (Å²) in [4.78, 5) is 0. The van der Waals surface area contributed by atoms with Crippen molar-refractivity contribution in [2.45, 2.75) is 0 Å². The van der Waals surface area contributed by atoms with Crippen LogP contribution in [0.5, 0.6) is 11.5 Å². The first kappa shape index (κ1) is 9.61. The number of rotatable bonds is 3. The van der Waals surface area contributed by atoms with Gasteiger partial charge < -0.3 is 14.9 Å². The van der Waals surface area contributed by atoms with Gasteiger partial charge in [-0.05, 0) is 6.07 Å². The van der Waals surface area contributed by atoms with E-state index in [9.17, 15) is 5.11 Å². The summed E-state index contributed by atoms with van der Waals surface area (Å²) in [5, 5.41) is 18.1. The highest BCUT2D eigenvalue weighted by molar-refractivity contribution is 5.61. The number of aliphatic hydroxyl groups excluding tert-OH is 1. The summed E-state index contributed by atoms with van der Waals surface area (Å²) < 4.78 is 4.92. The molecule has 3 heteroatoms. The first-order valence-electron chi connectivity index (χ1n) is 3.93. The van der Waals surface area contributed by atoms with E-state index in [0.717, 1.165) is 0 Å². The van der Waals surface area contributed by atoms with Crippen LogP contribution in [0.15, 0.2) is 24.3 Å². The van der Waals surface area contributed by atoms with E-state index >= 15 is 0 Å². The topological polar surface area (TPSA) is 49.7 Å². The van der Waals surface area contributed by atoms with Crippen LogP contribution in [0.25, 0.3) is 6.08 Å². The van der Waals surface area contributed by atoms with Crippen molar-refractivity contribution in [1.29, 1.82) is 0 Å². The second kappa shape index (κ2) is 4.52. The van der Waals surface area contributed by atoms with E-state index in [4.69, 9.17) is 9.84 Å². The van der Waals surface area contributed by atoms with Crippen molar-refractivity contribution in [1.82, 2.24) is 0 Å². The van der Waals surface area contributed by atoms with Crippen LogP contribution in [0.2, 0.25) is 0 Å². The average Bonchev–Trinajstić information content (AvgIpc) is 2.16. The van der Waals surface area contributed by atoms with Crippen LogP contribution >= 0.6 is 0 Å². The number of hydrogen-bond acceptors (Lipinski definition) is 3. The first-order valence-corrected chi connectivity index (χ1v) is 3.93. The molecule has 1 aromatic carbocycles. The quantitative estimate of drug-likeness (QED) is 0.739. The number of para-hydroxylation sites is 1. The Balaban J connectivity index is 3.01. The predicted octanol–water partition coefficient (Wildman–Crippen LogP) is 1.41. The molecule has 0 atom stereocenters. The molecule has 1 aromatic rings. The highest BCUT2D eigenvalue weighted by Gasteiger charge is 2.03. The van der Waals surface area contributed by atoms with Gasteiger partial charge in [0.25, 0.3) is 0 Å². The number of phenols is 1. The van der Waals surface area contributed by atoms with Crippen molar-refractivity contribution in [2.75, 3.05) is 13.7 Å². The maximum absolute atomic E-state index is 9.56. The van der Waals surface area contributed by atoms with E-state index in [2.05, 4.69) is 0 Å². The molecule has 0 heterocycles. The minimum Gasteiger partial charge on any atom is -0.504 e. The Morgan fingerprint density at radius 2 is 2.23 bits per heavy atom. The van der Waals surface area contributed by atoms with Crippen LogP contribution in [-0.2, 0) is 0 Å². The number of ether oxygens (including phenoxy) is 1. The molecule has 0 aliphatic rings. The molecule has 0 amide bonds. The van der Waals surface area contributed by atoms with Gasteiger partial charge in [0.05, 0.1) is 13.7 Å². The predicted molar refractivity (Wildman–Crippen MR) is 50.8 cm³/mol. The summed E-state index contributed by atoms with van der Waals surface area (Å²) >= 11 is 0. The normalized spacial score (nSPS) is 10.6. The molecule has 0 fully saturated rings. The molecule has 1 rings (SSSR count). The van der Waals surface area contributed by atoms with E-state index in [1.165, 1.54) is 7.11 Å². The molecular weight excluding hydrogens is 168 g/mol. The molecule has 3 nitrogen and oxygen atoms in total. The number of aromatic hydroxyl groups is 1. The van der Waals surface area contributed by atoms with E-state index in [-0.39, 0.29) is 12.4 Å². The monoisotopic (exact) mass is 180 g/mol. The van der Waals surface area contributed by atoms with Gasteiger partial charge in [0, 0.05) is 5.56 Å². The molecule has 13 heavy (non-hydrogen) atoms. The Morgan fingerprint density at radius 3 is 2.85 bits per heavy atom. The molecule has 0 spiro atoms. The second-order valence-electron chi connectivity index (χ2n) is 2.48. The van der Waals surface area contributed by atoms with Crippen molar-refractivity contribution in [3.63, 3.8) is 0 Å². The van der Waals surface area contributed by atoms with Gasteiger partial charge in [-0.1, -0.05) is 24.3 Å². The summed E-state index contributed by atoms with van der Waals surface area (Å²) in [7, 11) is 1.49. The highest BCUT2D eigenvalue weighted by Crippen LogP contribution is 2.29. The summed E-state index contributed by atoms with van der Waals surface area (Å²) in [6.07, 6.45) is 3.19. The molecule has 0 radical (unpaired) electrons. The zero-order valence-electron chi connectivity index (χ0n) is 7.40. The number of hydrogen-bond donors (Lipinski definition) is 2. The van der Waals surface area contributed by atoms with Gasteiger partial charge in [0.2, 0.25) is 0 Å². The third-order valence-electron chi connectivity index (χ3n) is 1.65. The van der Waals surface area contributed by atoms with Gasteiger partial charge in [0.15, 0.2) is 11.5 Å². The number of aliphatic hydroxyl groups is 1. The third-order valence-corrected chi connectivity index (χ3v) is 1.65. The SMILES string of the molecule is COc1cccc(C=CCO)c1O. The molecule has 0 unspecified atom stereocenters. The van der Waals surface area contributed by atoms with Gasteiger partial charge in [-0.3, -0.25) is 0 Å². The van der Waals surface area contributed by atoms with Crippen LogP contribution in [-0.4, -0.2) is 23.9 Å².